The standard InChI is InChI=1S/C11H14BrNO4S/c1-7-5-9(6-8(2)11(7)12)13-18(16,17)4-3-10(14)15/h5-6,13H,3-4H2,1-2H3,(H,14,15). The van der Waals surface area contributed by atoms with Crippen LogP contribution >= 0.6 is 15.9 Å². The van der Waals surface area contributed by atoms with Crippen LogP contribution in [0, 0.1) is 13.8 Å². The fraction of sp³-hybridized carbons (Fsp3) is 0.364. The smallest absolute Gasteiger partial charge is 0.304 e. The molecule has 0 atom stereocenters. The lowest BCUT2D eigenvalue weighted by Gasteiger charge is -2.10. The molecule has 0 saturated carbocycles. The predicted molar refractivity (Wildman–Crippen MR) is 73.3 cm³/mol. The molecule has 0 radical (unpaired) electrons. The summed E-state index contributed by atoms with van der Waals surface area (Å²) in [6.07, 6.45) is -0.413. The molecule has 5 nitrogen and oxygen atoms in total. The van der Waals surface area contributed by atoms with Crippen molar-refractivity contribution in [2.75, 3.05) is 10.5 Å². The minimum absolute atomic E-state index is 0.413. The first-order valence-electron chi connectivity index (χ1n) is 5.20. The van der Waals surface area contributed by atoms with E-state index in [1.807, 2.05) is 13.8 Å². The van der Waals surface area contributed by atoms with Gasteiger partial charge < -0.3 is 5.11 Å². The van der Waals surface area contributed by atoms with E-state index in [1.54, 1.807) is 12.1 Å². The Kier molecular flexibility index (Phi) is 4.75. The average Bonchev–Trinajstić information content (AvgIpc) is 2.22. The van der Waals surface area contributed by atoms with Gasteiger partial charge in [-0.1, -0.05) is 15.9 Å². The highest BCUT2D eigenvalue weighted by atomic mass is 79.9. The molecule has 0 spiro atoms. The molecule has 1 aromatic rings. The van der Waals surface area contributed by atoms with Crippen molar-refractivity contribution in [3.8, 4) is 0 Å². The average molecular weight is 336 g/mol. The summed E-state index contributed by atoms with van der Waals surface area (Å²) >= 11 is 3.39. The summed E-state index contributed by atoms with van der Waals surface area (Å²) in [5, 5.41) is 8.47. The van der Waals surface area contributed by atoms with Gasteiger partial charge in [0.2, 0.25) is 10.0 Å². The van der Waals surface area contributed by atoms with E-state index in [1.165, 1.54) is 0 Å². The van der Waals surface area contributed by atoms with E-state index in [0.717, 1.165) is 15.6 Å². The van der Waals surface area contributed by atoms with Crippen molar-refractivity contribution in [3.05, 3.63) is 27.7 Å². The molecular formula is C11H14BrNO4S. The Hall–Kier alpha value is -1.08. The molecule has 7 heteroatoms. The van der Waals surface area contributed by atoms with Crippen LogP contribution in [-0.2, 0) is 14.8 Å². The van der Waals surface area contributed by atoms with E-state index in [9.17, 15) is 13.2 Å². The lowest BCUT2D eigenvalue weighted by Crippen LogP contribution is -2.19. The molecule has 0 aliphatic heterocycles. The van der Waals surface area contributed by atoms with Crippen LogP contribution < -0.4 is 4.72 Å². The highest BCUT2D eigenvalue weighted by Crippen LogP contribution is 2.25. The maximum Gasteiger partial charge on any atom is 0.304 e. The Labute approximate surface area is 114 Å². The molecule has 0 saturated heterocycles. The van der Waals surface area contributed by atoms with Gasteiger partial charge in [0.1, 0.15) is 0 Å². The first kappa shape index (κ1) is 15.0. The first-order valence-corrected chi connectivity index (χ1v) is 7.65. The van der Waals surface area contributed by atoms with Gasteiger partial charge in [-0.2, -0.15) is 0 Å². The Morgan fingerprint density at radius 2 is 1.83 bits per heavy atom. The molecule has 0 aromatic heterocycles. The second-order valence-electron chi connectivity index (χ2n) is 3.99. The van der Waals surface area contributed by atoms with E-state index in [0.29, 0.717) is 5.69 Å². The number of hydrogen-bond acceptors (Lipinski definition) is 3. The zero-order valence-corrected chi connectivity index (χ0v) is 12.4. The molecule has 0 unspecified atom stereocenters. The van der Waals surface area contributed by atoms with Crippen LogP contribution in [0.4, 0.5) is 5.69 Å². The number of hydrogen-bond donors (Lipinski definition) is 2. The van der Waals surface area contributed by atoms with E-state index < -0.39 is 28.2 Å². The van der Waals surface area contributed by atoms with Gasteiger partial charge in [-0.15, -0.1) is 0 Å². The molecule has 18 heavy (non-hydrogen) atoms. The van der Waals surface area contributed by atoms with E-state index in [4.69, 9.17) is 5.11 Å². The number of nitrogens with one attached hydrogen (secondary N) is 1. The molecule has 1 rings (SSSR count). The number of halogens is 1. The summed E-state index contributed by atoms with van der Waals surface area (Å²) in [5.41, 5.74) is 2.26. The lowest BCUT2D eigenvalue weighted by atomic mass is 10.1. The maximum atomic E-state index is 11.6. The monoisotopic (exact) mass is 335 g/mol. The fourth-order valence-electron chi connectivity index (χ4n) is 1.46. The van der Waals surface area contributed by atoms with Crippen molar-refractivity contribution >= 4 is 37.6 Å². The van der Waals surface area contributed by atoms with Crippen LogP contribution in [0.5, 0.6) is 0 Å². The van der Waals surface area contributed by atoms with Crippen LogP contribution in [0.25, 0.3) is 0 Å². The van der Waals surface area contributed by atoms with Gasteiger partial charge in [0.25, 0.3) is 0 Å². The SMILES string of the molecule is Cc1cc(NS(=O)(=O)CCC(=O)O)cc(C)c1Br. The van der Waals surface area contributed by atoms with Gasteiger partial charge >= 0.3 is 5.97 Å². The Morgan fingerprint density at radius 1 is 1.33 bits per heavy atom. The Morgan fingerprint density at radius 3 is 2.28 bits per heavy atom. The molecule has 0 bridgehead atoms. The number of rotatable bonds is 5. The molecule has 100 valence electrons. The number of carboxylic acid groups (broad SMARTS) is 1. The summed E-state index contributed by atoms with van der Waals surface area (Å²) < 4.78 is 26.5. The van der Waals surface area contributed by atoms with Crippen LogP contribution in [0.2, 0.25) is 0 Å². The number of aliphatic carboxylic acids is 1. The van der Waals surface area contributed by atoms with Crippen LogP contribution in [0.1, 0.15) is 17.5 Å². The molecule has 1 aromatic carbocycles. The lowest BCUT2D eigenvalue weighted by molar-refractivity contribution is -0.136. The number of carbonyl (C=O) groups is 1. The highest BCUT2D eigenvalue weighted by molar-refractivity contribution is 9.10. The van der Waals surface area contributed by atoms with Crippen molar-refractivity contribution in [2.45, 2.75) is 20.3 Å². The van der Waals surface area contributed by atoms with Crippen molar-refractivity contribution in [3.63, 3.8) is 0 Å². The summed E-state index contributed by atoms with van der Waals surface area (Å²) in [6.45, 7) is 3.71. The summed E-state index contributed by atoms with van der Waals surface area (Å²) in [6, 6.07) is 3.38. The number of carboxylic acids is 1. The largest absolute Gasteiger partial charge is 0.481 e. The summed E-state index contributed by atoms with van der Waals surface area (Å²) in [7, 11) is -3.62. The third kappa shape index (κ3) is 4.30. The number of sulfonamides is 1. The van der Waals surface area contributed by atoms with Crippen molar-refractivity contribution in [1.82, 2.24) is 0 Å². The van der Waals surface area contributed by atoms with Crippen molar-refractivity contribution in [2.24, 2.45) is 0 Å². The molecule has 2 N–H and O–H groups in total. The van der Waals surface area contributed by atoms with Crippen molar-refractivity contribution in [1.29, 1.82) is 0 Å². The topological polar surface area (TPSA) is 83.5 Å². The van der Waals surface area contributed by atoms with E-state index in [2.05, 4.69) is 20.7 Å². The second kappa shape index (κ2) is 5.71. The van der Waals surface area contributed by atoms with Gasteiger partial charge in [0.05, 0.1) is 12.2 Å². The van der Waals surface area contributed by atoms with Crippen LogP contribution in [-0.4, -0.2) is 25.2 Å². The molecule has 0 fully saturated rings. The molecule has 0 aliphatic rings. The third-order valence-corrected chi connectivity index (χ3v) is 4.83. The zero-order chi connectivity index (χ0) is 13.9. The highest BCUT2D eigenvalue weighted by Gasteiger charge is 2.13. The zero-order valence-electron chi connectivity index (χ0n) is 10.0. The minimum atomic E-state index is -3.62. The minimum Gasteiger partial charge on any atom is -0.481 e. The van der Waals surface area contributed by atoms with Gasteiger partial charge in [0, 0.05) is 10.2 Å². The summed E-state index contributed by atoms with van der Waals surface area (Å²) in [5.74, 6) is -1.57. The quantitative estimate of drug-likeness (QED) is 0.864. The fourth-order valence-corrected chi connectivity index (χ4v) is 2.71. The number of anilines is 1. The number of aryl methyl sites for hydroxylation is 2. The van der Waals surface area contributed by atoms with Gasteiger partial charge in [-0.05, 0) is 37.1 Å². The normalized spacial score (nSPS) is 11.3. The molecular weight excluding hydrogens is 322 g/mol. The Balaban J connectivity index is 2.88. The summed E-state index contributed by atoms with van der Waals surface area (Å²) in [4.78, 5) is 10.4. The third-order valence-electron chi connectivity index (χ3n) is 2.29. The maximum absolute atomic E-state index is 11.6. The molecule has 0 aliphatic carbocycles. The van der Waals surface area contributed by atoms with E-state index in [-0.39, 0.29) is 0 Å². The number of benzene rings is 1. The van der Waals surface area contributed by atoms with Gasteiger partial charge in [-0.3, -0.25) is 9.52 Å². The van der Waals surface area contributed by atoms with Crippen LogP contribution in [0.15, 0.2) is 16.6 Å². The van der Waals surface area contributed by atoms with Gasteiger partial charge in [0.15, 0.2) is 0 Å². The first-order chi connectivity index (χ1) is 8.21. The van der Waals surface area contributed by atoms with Crippen molar-refractivity contribution < 1.29 is 18.3 Å². The van der Waals surface area contributed by atoms with Gasteiger partial charge in [-0.25, -0.2) is 8.42 Å². The molecule has 0 amide bonds. The van der Waals surface area contributed by atoms with E-state index >= 15 is 0 Å². The van der Waals surface area contributed by atoms with Crippen LogP contribution in [0.3, 0.4) is 0 Å². The predicted octanol–water partition coefficient (Wildman–Crippen LogP) is 2.28. The Bertz CT molecular complexity index is 545. The molecule has 0 heterocycles. The second-order valence-corrected chi connectivity index (χ2v) is 6.62.